The highest BCUT2D eigenvalue weighted by atomic mass is 35.5. The molecular weight excluding hydrogens is 256 g/mol. The van der Waals surface area contributed by atoms with Crippen molar-refractivity contribution < 1.29 is 9.66 Å². The predicted molar refractivity (Wildman–Crippen MR) is 71.4 cm³/mol. The van der Waals surface area contributed by atoms with Gasteiger partial charge < -0.3 is 10.1 Å². The van der Waals surface area contributed by atoms with Gasteiger partial charge in [-0.3, -0.25) is 10.1 Å². The van der Waals surface area contributed by atoms with E-state index < -0.39 is 4.92 Å². The van der Waals surface area contributed by atoms with E-state index in [9.17, 15) is 10.1 Å². The molecule has 0 saturated carbocycles. The minimum absolute atomic E-state index is 0.0952. The van der Waals surface area contributed by atoms with E-state index in [0.717, 1.165) is 13.0 Å². The maximum absolute atomic E-state index is 10.6. The molecule has 0 aliphatic heterocycles. The lowest BCUT2D eigenvalue weighted by Crippen LogP contribution is -2.24. The first-order chi connectivity index (χ1) is 8.50. The maximum Gasteiger partial charge on any atom is 0.288 e. The molecule has 1 rings (SSSR count). The van der Waals surface area contributed by atoms with E-state index in [-0.39, 0.29) is 10.7 Å². The van der Waals surface area contributed by atoms with Gasteiger partial charge in [0.25, 0.3) is 5.69 Å². The van der Waals surface area contributed by atoms with Crippen molar-refractivity contribution in [2.45, 2.75) is 26.3 Å². The molecule has 0 fully saturated rings. The molecule has 6 heteroatoms. The number of hydrogen-bond acceptors (Lipinski definition) is 4. The number of nitrogens with zero attached hydrogens (tertiary/aromatic N) is 1. The van der Waals surface area contributed by atoms with Crippen LogP contribution in [0.3, 0.4) is 0 Å². The fourth-order valence-corrected chi connectivity index (χ4v) is 1.62. The standard InChI is InChI=1S/C12H17ClN2O3/c1-9(2)14-6-3-7-18-10-4-5-12(15(16)17)11(13)8-10/h4-5,8-9,14H,3,6-7H2,1-2H3. The van der Waals surface area contributed by atoms with Gasteiger partial charge in [0.05, 0.1) is 11.5 Å². The van der Waals surface area contributed by atoms with E-state index in [1.807, 2.05) is 0 Å². The highest BCUT2D eigenvalue weighted by molar-refractivity contribution is 6.32. The topological polar surface area (TPSA) is 64.4 Å². The van der Waals surface area contributed by atoms with E-state index in [1.165, 1.54) is 12.1 Å². The lowest BCUT2D eigenvalue weighted by Gasteiger charge is -2.09. The van der Waals surface area contributed by atoms with Crippen LogP contribution in [0.2, 0.25) is 5.02 Å². The summed E-state index contributed by atoms with van der Waals surface area (Å²) in [6.07, 6.45) is 0.868. The van der Waals surface area contributed by atoms with E-state index in [0.29, 0.717) is 18.4 Å². The van der Waals surface area contributed by atoms with Crippen LogP contribution in [0.15, 0.2) is 18.2 Å². The summed E-state index contributed by atoms with van der Waals surface area (Å²) in [7, 11) is 0. The number of nitrogens with one attached hydrogen (secondary N) is 1. The predicted octanol–water partition coefficient (Wildman–Crippen LogP) is 3.02. The summed E-state index contributed by atoms with van der Waals surface area (Å²) >= 11 is 5.77. The Labute approximate surface area is 111 Å². The molecule has 100 valence electrons. The van der Waals surface area contributed by atoms with Crippen LogP contribution in [0.1, 0.15) is 20.3 Å². The summed E-state index contributed by atoms with van der Waals surface area (Å²) in [5.41, 5.74) is -0.106. The minimum Gasteiger partial charge on any atom is -0.493 e. The number of nitro groups is 1. The van der Waals surface area contributed by atoms with Crippen LogP contribution in [0.5, 0.6) is 5.75 Å². The summed E-state index contributed by atoms with van der Waals surface area (Å²) < 4.78 is 5.46. The van der Waals surface area contributed by atoms with Gasteiger partial charge in [0.1, 0.15) is 10.8 Å². The van der Waals surface area contributed by atoms with Gasteiger partial charge in [0, 0.05) is 18.2 Å². The van der Waals surface area contributed by atoms with Crippen molar-refractivity contribution in [1.82, 2.24) is 5.32 Å². The van der Waals surface area contributed by atoms with Gasteiger partial charge in [0.2, 0.25) is 0 Å². The highest BCUT2D eigenvalue weighted by Crippen LogP contribution is 2.28. The van der Waals surface area contributed by atoms with Gasteiger partial charge in [-0.25, -0.2) is 0 Å². The summed E-state index contributed by atoms with van der Waals surface area (Å²) in [5, 5.41) is 13.9. The second kappa shape index (κ2) is 7.18. The molecule has 1 N–H and O–H groups in total. The van der Waals surface area contributed by atoms with Crippen molar-refractivity contribution in [3.63, 3.8) is 0 Å². The molecule has 0 unspecified atom stereocenters. The molecule has 0 saturated heterocycles. The first-order valence-corrected chi connectivity index (χ1v) is 6.18. The number of rotatable bonds is 7. The van der Waals surface area contributed by atoms with Gasteiger partial charge in [-0.15, -0.1) is 0 Å². The summed E-state index contributed by atoms with van der Waals surface area (Å²) in [5.74, 6) is 0.551. The SMILES string of the molecule is CC(C)NCCCOc1ccc([N+](=O)[O-])c(Cl)c1. The molecule has 0 spiro atoms. The smallest absolute Gasteiger partial charge is 0.288 e. The second-order valence-corrected chi connectivity index (χ2v) is 4.59. The lowest BCUT2D eigenvalue weighted by molar-refractivity contribution is -0.384. The third kappa shape index (κ3) is 4.89. The summed E-state index contributed by atoms with van der Waals surface area (Å²) in [6, 6.07) is 4.83. The summed E-state index contributed by atoms with van der Waals surface area (Å²) in [4.78, 5) is 10.1. The third-order valence-corrected chi connectivity index (χ3v) is 2.56. The van der Waals surface area contributed by atoms with E-state index >= 15 is 0 Å². The Balaban J connectivity index is 2.39. The molecule has 0 bridgehead atoms. The van der Waals surface area contributed by atoms with E-state index in [4.69, 9.17) is 16.3 Å². The molecule has 0 amide bonds. The van der Waals surface area contributed by atoms with Gasteiger partial charge in [-0.2, -0.15) is 0 Å². The minimum atomic E-state index is -0.515. The molecule has 0 radical (unpaired) electrons. The van der Waals surface area contributed by atoms with Crippen molar-refractivity contribution in [3.8, 4) is 5.75 Å². The molecule has 0 aliphatic rings. The van der Waals surface area contributed by atoms with Crippen LogP contribution < -0.4 is 10.1 Å². The fraction of sp³-hybridized carbons (Fsp3) is 0.500. The molecular formula is C12H17ClN2O3. The van der Waals surface area contributed by atoms with Gasteiger partial charge >= 0.3 is 0 Å². The molecule has 0 heterocycles. The first kappa shape index (κ1) is 14.7. The Morgan fingerprint density at radius 1 is 1.50 bits per heavy atom. The fourth-order valence-electron chi connectivity index (χ4n) is 1.38. The number of ether oxygens (including phenoxy) is 1. The number of benzene rings is 1. The molecule has 0 aliphatic carbocycles. The summed E-state index contributed by atoms with van der Waals surface area (Å²) in [6.45, 7) is 5.58. The molecule has 1 aromatic rings. The third-order valence-electron chi connectivity index (χ3n) is 2.26. The molecule has 0 atom stereocenters. The number of hydrogen-bond donors (Lipinski definition) is 1. The zero-order valence-electron chi connectivity index (χ0n) is 10.5. The Morgan fingerprint density at radius 2 is 2.22 bits per heavy atom. The van der Waals surface area contributed by atoms with Crippen LogP contribution in [0.25, 0.3) is 0 Å². The van der Waals surface area contributed by atoms with Crippen LogP contribution in [0.4, 0.5) is 5.69 Å². The molecule has 18 heavy (non-hydrogen) atoms. The quantitative estimate of drug-likeness (QED) is 0.471. The van der Waals surface area contributed by atoms with Crippen molar-refractivity contribution in [2.24, 2.45) is 0 Å². The molecule has 1 aromatic carbocycles. The van der Waals surface area contributed by atoms with Crippen molar-refractivity contribution in [3.05, 3.63) is 33.3 Å². The Kier molecular flexibility index (Phi) is 5.88. The normalized spacial score (nSPS) is 10.7. The van der Waals surface area contributed by atoms with Gasteiger partial charge in [-0.1, -0.05) is 25.4 Å². The van der Waals surface area contributed by atoms with E-state index in [2.05, 4.69) is 19.2 Å². The average Bonchev–Trinajstić information content (AvgIpc) is 2.27. The zero-order valence-corrected chi connectivity index (χ0v) is 11.2. The van der Waals surface area contributed by atoms with Crippen molar-refractivity contribution >= 4 is 17.3 Å². The Morgan fingerprint density at radius 3 is 2.78 bits per heavy atom. The Hall–Kier alpha value is -1.33. The van der Waals surface area contributed by atoms with Gasteiger partial charge in [-0.05, 0) is 19.0 Å². The highest BCUT2D eigenvalue weighted by Gasteiger charge is 2.12. The van der Waals surface area contributed by atoms with Crippen LogP contribution in [-0.2, 0) is 0 Å². The second-order valence-electron chi connectivity index (χ2n) is 4.18. The number of halogens is 1. The zero-order chi connectivity index (χ0) is 13.5. The van der Waals surface area contributed by atoms with Crippen molar-refractivity contribution in [2.75, 3.05) is 13.2 Å². The van der Waals surface area contributed by atoms with Gasteiger partial charge in [0.15, 0.2) is 0 Å². The lowest BCUT2D eigenvalue weighted by atomic mass is 10.3. The molecule has 0 aromatic heterocycles. The largest absolute Gasteiger partial charge is 0.493 e. The average molecular weight is 273 g/mol. The van der Waals surface area contributed by atoms with Crippen molar-refractivity contribution in [1.29, 1.82) is 0 Å². The number of nitro benzene ring substituents is 1. The van der Waals surface area contributed by atoms with Crippen LogP contribution in [0, 0.1) is 10.1 Å². The van der Waals surface area contributed by atoms with E-state index in [1.54, 1.807) is 6.07 Å². The monoisotopic (exact) mass is 272 g/mol. The van der Waals surface area contributed by atoms with Crippen LogP contribution >= 0.6 is 11.6 Å². The first-order valence-electron chi connectivity index (χ1n) is 5.81. The molecule has 5 nitrogen and oxygen atoms in total. The Bertz CT molecular complexity index is 410. The van der Waals surface area contributed by atoms with Crippen LogP contribution in [-0.4, -0.2) is 24.1 Å². The maximum atomic E-state index is 10.6.